The van der Waals surface area contributed by atoms with Gasteiger partial charge in [-0.05, 0) is 56.1 Å². The summed E-state index contributed by atoms with van der Waals surface area (Å²) >= 11 is 0. The van der Waals surface area contributed by atoms with Crippen LogP contribution in [0.25, 0.3) is 0 Å². The molecule has 0 aromatic heterocycles. The summed E-state index contributed by atoms with van der Waals surface area (Å²) in [5, 5.41) is 8.61. The van der Waals surface area contributed by atoms with Gasteiger partial charge in [-0.2, -0.15) is 0 Å². The first-order valence-corrected chi connectivity index (χ1v) is 9.64. The van der Waals surface area contributed by atoms with E-state index >= 15 is 0 Å². The summed E-state index contributed by atoms with van der Waals surface area (Å²) in [7, 11) is 0. The number of aliphatic carboxylic acids is 1. The summed E-state index contributed by atoms with van der Waals surface area (Å²) in [5.74, 6) is -0.687. The molecule has 24 heavy (non-hydrogen) atoms. The zero-order valence-electron chi connectivity index (χ0n) is 15.0. The lowest BCUT2D eigenvalue weighted by atomic mass is 10.0. The first-order chi connectivity index (χ1) is 11.7. The highest BCUT2D eigenvalue weighted by Crippen LogP contribution is 2.31. The van der Waals surface area contributed by atoms with E-state index in [1.54, 1.807) is 0 Å². The van der Waals surface area contributed by atoms with E-state index in [0.717, 1.165) is 32.1 Å². The minimum Gasteiger partial charge on any atom is -0.481 e. The van der Waals surface area contributed by atoms with Crippen LogP contribution in [-0.4, -0.2) is 23.3 Å². The number of carboxylic acids is 1. The predicted octanol–water partition coefficient (Wildman–Crippen LogP) is 5.15. The number of rotatable bonds is 13. The monoisotopic (exact) mass is 332 g/mol. The molecule has 3 heteroatoms. The van der Waals surface area contributed by atoms with Gasteiger partial charge >= 0.3 is 5.97 Å². The molecule has 3 nitrogen and oxygen atoms in total. The Hall–Kier alpha value is -1.35. The number of aryl methyl sites for hydroxylation is 2. The van der Waals surface area contributed by atoms with Gasteiger partial charge in [-0.15, -0.1) is 0 Å². The molecule has 1 aliphatic rings. The van der Waals surface area contributed by atoms with Gasteiger partial charge in [0.05, 0.1) is 12.2 Å². The number of benzene rings is 1. The van der Waals surface area contributed by atoms with Crippen molar-refractivity contribution in [1.29, 1.82) is 0 Å². The lowest BCUT2D eigenvalue weighted by molar-refractivity contribution is -0.137. The topological polar surface area (TPSA) is 49.8 Å². The normalized spacial score (nSPS) is 19.4. The average Bonchev–Trinajstić information content (AvgIpc) is 3.32. The Morgan fingerprint density at radius 3 is 2.08 bits per heavy atom. The lowest BCUT2D eigenvalue weighted by Gasteiger charge is -2.04. The first kappa shape index (κ1) is 19.0. The zero-order chi connectivity index (χ0) is 17.2. The van der Waals surface area contributed by atoms with E-state index in [0.29, 0.717) is 18.6 Å². The third-order valence-corrected chi connectivity index (χ3v) is 4.86. The van der Waals surface area contributed by atoms with Crippen molar-refractivity contribution in [2.75, 3.05) is 0 Å². The van der Waals surface area contributed by atoms with Crippen molar-refractivity contribution in [3.63, 3.8) is 0 Å². The predicted molar refractivity (Wildman–Crippen MR) is 97.4 cm³/mol. The minimum atomic E-state index is -0.687. The highest BCUT2D eigenvalue weighted by atomic mass is 16.6. The summed E-state index contributed by atoms with van der Waals surface area (Å²) in [4.78, 5) is 10.5. The molecule has 0 aliphatic carbocycles. The molecule has 1 aromatic rings. The van der Waals surface area contributed by atoms with Gasteiger partial charge in [0.1, 0.15) is 0 Å². The van der Waals surface area contributed by atoms with Crippen LogP contribution in [-0.2, 0) is 22.4 Å². The molecule has 1 saturated heterocycles. The Labute approximate surface area is 146 Å². The van der Waals surface area contributed by atoms with E-state index in [9.17, 15) is 4.79 Å². The maximum Gasteiger partial charge on any atom is 0.303 e. The van der Waals surface area contributed by atoms with Crippen LogP contribution in [0.4, 0.5) is 0 Å². The Bertz CT molecular complexity index is 480. The molecular weight excluding hydrogens is 300 g/mol. The summed E-state index contributed by atoms with van der Waals surface area (Å²) in [5.41, 5.74) is 2.77. The molecule has 134 valence electrons. The second kappa shape index (κ2) is 10.5. The highest BCUT2D eigenvalue weighted by Gasteiger charge is 2.36. The summed E-state index contributed by atoms with van der Waals surface area (Å²) in [6, 6.07) is 8.94. The van der Waals surface area contributed by atoms with Gasteiger partial charge in [-0.25, -0.2) is 0 Å². The zero-order valence-corrected chi connectivity index (χ0v) is 15.0. The van der Waals surface area contributed by atoms with E-state index in [-0.39, 0.29) is 0 Å². The van der Waals surface area contributed by atoms with Gasteiger partial charge < -0.3 is 9.84 Å². The van der Waals surface area contributed by atoms with Crippen molar-refractivity contribution < 1.29 is 14.6 Å². The number of hydrogen-bond donors (Lipinski definition) is 1. The molecule has 0 amide bonds. The van der Waals surface area contributed by atoms with E-state index in [1.807, 2.05) is 0 Å². The number of epoxide rings is 1. The third kappa shape index (κ3) is 7.48. The van der Waals surface area contributed by atoms with Crippen molar-refractivity contribution in [1.82, 2.24) is 0 Å². The standard InChI is InChI=1S/C21H32O3/c1-2-3-10-19-20(24-19)11-7-9-18-15-13-17(14-16-18)8-5-4-6-12-21(22)23/h13-16,19-20H,2-12H2,1H3,(H,22,23). The van der Waals surface area contributed by atoms with Crippen LogP contribution in [0.5, 0.6) is 0 Å². The van der Waals surface area contributed by atoms with Crippen LogP contribution in [0.2, 0.25) is 0 Å². The molecule has 2 atom stereocenters. The van der Waals surface area contributed by atoms with Crippen molar-refractivity contribution >= 4 is 5.97 Å². The Kier molecular flexibility index (Phi) is 8.31. The molecule has 0 radical (unpaired) electrons. The van der Waals surface area contributed by atoms with Gasteiger partial charge in [0.25, 0.3) is 0 Å². The molecule has 1 fully saturated rings. The van der Waals surface area contributed by atoms with E-state index in [4.69, 9.17) is 9.84 Å². The van der Waals surface area contributed by atoms with Crippen molar-refractivity contribution in [2.24, 2.45) is 0 Å². The number of hydrogen-bond acceptors (Lipinski definition) is 2. The Balaban J connectivity index is 1.54. The number of unbranched alkanes of at least 4 members (excludes halogenated alkanes) is 3. The molecule has 2 rings (SSSR count). The smallest absolute Gasteiger partial charge is 0.303 e. The average molecular weight is 332 g/mol. The quantitative estimate of drug-likeness (QED) is 0.401. The number of ether oxygens (including phenoxy) is 1. The van der Waals surface area contributed by atoms with Crippen LogP contribution in [0, 0.1) is 0 Å². The van der Waals surface area contributed by atoms with Crippen LogP contribution < -0.4 is 0 Å². The number of carbonyl (C=O) groups is 1. The van der Waals surface area contributed by atoms with Gasteiger partial charge in [0.2, 0.25) is 0 Å². The summed E-state index contributed by atoms with van der Waals surface area (Å²) in [6.07, 6.45) is 12.6. The minimum absolute atomic E-state index is 0.295. The fourth-order valence-electron chi connectivity index (χ4n) is 3.25. The molecule has 1 aliphatic heterocycles. The fraction of sp³-hybridized carbons (Fsp3) is 0.667. The maximum atomic E-state index is 10.5. The highest BCUT2D eigenvalue weighted by molar-refractivity contribution is 5.66. The van der Waals surface area contributed by atoms with Crippen LogP contribution >= 0.6 is 0 Å². The Morgan fingerprint density at radius 1 is 0.917 bits per heavy atom. The van der Waals surface area contributed by atoms with E-state index in [1.165, 1.54) is 43.2 Å². The van der Waals surface area contributed by atoms with Gasteiger partial charge in [-0.3, -0.25) is 4.79 Å². The molecule has 0 saturated carbocycles. The molecule has 2 unspecified atom stereocenters. The van der Waals surface area contributed by atoms with E-state index in [2.05, 4.69) is 31.2 Å². The SMILES string of the molecule is CCCCC1OC1CCCc1ccc(CCCCCC(=O)O)cc1. The van der Waals surface area contributed by atoms with Crippen LogP contribution in [0.1, 0.15) is 75.8 Å². The number of carboxylic acid groups (broad SMARTS) is 1. The van der Waals surface area contributed by atoms with Gasteiger partial charge in [-0.1, -0.05) is 50.5 Å². The Morgan fingerprint density at radius 2 is 1.50 bits per heavy atom. The van der Waals surface area contributed by atoms with Crippen LogP contribution in [0.15, 0.2) is 24.3 Å². The summed E-state index contributed by atoms with van der Waals surface area (Å²) < 4.78 is 5.72. The molecular formula is C21H32O3. The second-order valence-electron chi connectivity index (χ2n) is 7.02. The lowest BCUT2D eigenvalue weighted by Crippen LogP contribution is -1.96. The largest absolute Gasteiger partial charge is 0.481 e. The maximum absolute atomic E-state index is 10.5. The molecule has 0 bridgehead atoms. The van der Waals surface area contributed by atoms with Crippen LogP contribution in [0.3, 0.4) is 0 Å². The van der Waals surface area contributed by atoms with Gasteiger partial charge in [0.15, 0.2) is 0 Å². The second-order valence-corrected chi connectivity index (χ2v) is 7.02. The van der Waals surface area contributed by atoms with Crippen molar-refractivity contribution in [3.8, 4) is 0 Å². The molecule has 1 aromatic carbocycles. The molecule has 1 N–H and O–H groups in total. The third-order valence-electron chi connectivity index (χ3n) is 4.86. The first-order valence-electron chi connectivity index (χ1n) is 9.64. The molecule has 1 heterocycles. The molecule has 0 spiro atoms. The fourth-order valence-corrected chi connectivity index (χ4v) is 3.25. The van der Waals surface area contributed by atoms with Crippen molar-refractivity contribution in [2.45, 2.75) is 89.8 Å². The van der Waals surface area contributed by atoms with Crippen molar-refractivity contribution in [3.05, 3.63) is 35.4 Å². The summed E-state index contributed by atoms with van der Waals surface area (Å²) in [6.45, 7) is 2.23. The van der Waals surface area contributed by atoms with Gasteiger partial charge in [0, 0.05) is 6.42 Å². The van der Waals surface area contributed by atoms with E-state index < -0.39 is 5.97 Å².